The van der Waals surface area contributed by atoms with Crippen molar-refractivity contribution in [2.24, 2.45) is 5.92 Å². The lowest BCUT2D eigenvalue weighted by Crippen LogP contribution is -2.52. The molecule has 0 aliphatic rings. The largest absolute Gasteiger partial charge is 0.497 e. The number of halogens is 1. The molecule has 0 aliphatic heterocycles. The van der Waals surface area contributed by atoms with Crippen molar-refractivity contribution in [2.75, 3.05) is 24.5 Å². The van der Waals surface area contributed by atoms with Crippen molar-refractivity contribution in [1.82, 2.24) is 10.2 Å². The molecule has 0 radical (unpaired) electrons. The molecule has 3 rings (SSSR count). The summed E-state index contributed by atoms with van der Waals surface area (Å²) >= 11 is 6.21. The van der Waals surface area contributed by atoms with Gasteiger partial charge in [-0.15, -0.1) is 0 Å². The van der Waals surface area contributed by atoms with E-state index in [0.717, 1.165) is 9.87 Å². The topological polar surface area (TPSA) is 96.0 Å². The summed E-state index contributed by atoms with van der Waals surface area (Å²) in [6.07, 6.45) is 0.336. The monoisotopic (exact) mass is 585 g/mol. The Labute approximate surface area is 241 Å². The Balaban J connectivity index is 2.05. The number of sulfonamides is 1. The number of amides is 2. The lowest BCUT2D eigenvalue weighted by molar-refractivity contribution is -0.140. The predicted octanol–water partition coefficient (Wildman–Crippen LogP) is 5.12. The number of hydrogen-bond donors (Lipinski definition) is 1. The fourth-order valence-electron chi connectivity index (χ4n) is 4.19. The average Bonchev–Trinajstić information content (AvgIpc) is 2.95. The molecule has 10 heteroatoms. The average molecular weight is 586 g/mol. The molecule has 214 valence electrons. The van der Waals surface area contributed by atoms with Gasteiger partial charge in [0.1, 0.15) is 18.3 Å². The van der Waals surface area contributed by atoms with Crippen LogP contribution in [0.2, 0.25) is 5.02 Å². The Morgan fingerprint density at radius 1 is 0.975 bits per heavy atom. The number of carbonyl (C=O) groups is 2. The van der Waals surface area contributed by atoms with E-state index >= 15 is 0 Å². The first kappa shape index (κ1) is 31.0. The molecule has 0 fully saturated rings. The summed E-state index contributed by atoms with van der Waals surface area (Å²) in [4.78, 5) is 28.8. The van der Waals surface area contributed by atoms with E-state index in [0.29, 0.717) is 23.7 Å². The zero-order valence-electron chi connectivity index (χ0n) is 23.2. The highest BCUT2D eigenvalue weighted by Crippen LogP contribution is 2.27. The number of benzene rings is 3. The Kier molecular flexibility index (Phi) is 11.0. The standard InChI is InChI=1S/C30H36ClN3O5S/c1-5-28(30(36)32-19-22(2)3)33(20-23-11-9-14-26(17-23)39-4)29(35)21-34(25-13-10-12-24(31)18-25)40(37,38)27-15-7-6-8-16-27/h6-18,22,28H,5,19-21H2,1-4H3,(H,32,36)/t28-/m0/s1. The highest BCUT2D eigenvalue weighted by molar-refractivity contribution is 7.92. The molecule has 0 heterocycles. The van der Waals surface area contributed by atoms with Crippen LogP contribution >= 0.6 is 11.6 Å². The van der Waals surface area contributed by atoms with Crippen LogP contribution < -0.4 is 14.4 Å². The van der Waals surface area contributed by atoms with Crippen molar-refractivity contribution in [1.29, 1.82) is 0 Å². The molecular weight excluding hydrogens is 550 g/mol. The van der Waals surface area contributed by atoms with Crippen LogP contribution in [0.25, 0.3) is 0 Å². The van der Waals surface area contributed by atoms with E-state index in [4.69, 9.17) is 16.3 Å². The summed E-state index contributed by atoms with van der Waals surface area (Å²) in [5.41, 5.74) is 0.978. The molecule has 0 bridgehead atoms. The zero-order chi connectivity index (χ0) is 29.3. The zero-order valence-corrected chi connectivity index (χ0v) is 24.8. The van der Waals surface area contributed by atoms with Crippen molar-refractivity contribution < 1.29 is 22.7 Å². The maximum Gasteiger partial charge on any atom is 0.264 e. The number of nitrogens with one attached hydrogen (secondary N) is 1. The lowest BCUT2D eigenvalue weighted by Gasteiger charge is -2.33. The van der Waals surface area contributed by atoms with Crippen molar-refractivity contribution in [3.05, 3.63) is 89.4 Å². The summed E-state index contributed by atoms with van der Waals surface area (Å²) in [7, 11) is -2.60. The molecule has 2 amide bonds. The fraction of sp³-hybridized carbons (Fsp3) is 0.333. The lowest BCUT2D eigenvalue weighted by atomic mass is 10.1. The summed E-state index contributed by atoms with van der Waals surface area (Å²) in [6, 6.07) is 20.6. The predicted molar refractivity (Wildman–Crippen MR) is 158 cm³/mol. The number of nitrogens with zero attached hydrogens (tertiary/aromatic N) is 2. The third-order valence-electron chi connectivity index (χ3n) is 6.26. The maximum atomic E-state index is 14.1. The van der Waals surface area contributed by atoms with Crippen LogP contribution in [0.3, 0.4) is 0 Å². The van der Waals surface area contributed by atoms with Crippen LogP contribution in [0, 0.1) is 5.92 Å². The minimum atomic E-state index is -4.15. The van der Waals surface area contributed by atoms with Gasteiger partial charge in [-0.3, -0.25) is 13.9 Å². The highest BCUT2D eigenvalue weighted by Gasteiger charge is 2.33. The minimum absolute atomic E-state index is 0.0313. The SMILES string of the molecule is CC[C@@H](C(=O)NCC(C)C)N(Cc1cccc(OC)c1)C(=O)CN(c1cccc(Cl)c1)S(=O)(=O)c1ccccc1. The molecule has 1 atom stereocenters. The van der Waals surface area contributed by atoms with Gasteiger partial charge in [0.2, 0.25) is 11.8 Å². The van der Waals surface area contributed by atoms with Crippen molar-refractivity contribution in [2.45, 2.75) is 44.7 Å². The second-order valence-electron chi connectivity index (χ2n) is 9.74. The van der Waals surface area contributed by atoms with Crippen LogP contribution in [0.1, 0.15) is 32.8 Å². The van der Waals surface area contributed by atoms with Crippen LogP contribution in [0.5, 0.6) is 5.75 Å². The smallest absolute Gasteiger partial charge is 0.264 e. The Bertz CT molecular complexity index is 1400. The molecule has 40 heavy (non-hydrogen) atoms. The third-order valence-corrected chi connectivity index (χ3v) is 8.29. The van der Waals surface area contributed by atoms with Gasteiger partial charge in [0.05, 0.1) is 17.7 Å². The van der Waals surface area contributed by atoms with E-state index in [9.17, 15) is 18.0 Å². The van der Waals surface area contributed by atoms with Gasteiger partial charge in [-0.1, -0.05) is 68.8 Å². The van der Waals surface area contributed by atoms with Gasteiger partial charge in [-0.05, 0) is 60.4 Å². The first-order chi connectivity index (χ1) is 19.1. The highest BCUT2D eigenvalue weighted by atomic mass is 35.5. The van der Waals surface area contributed by atoms with Crippen molar-refractivity contribution in [3.63, 3.8) is 0 Å². The van der Waals surface area contributed by atoms with Crippen LogP contribution in [-0.4, -0.2) is 51.4 Å². The van der Waals surface area contributed by atoms with E-state index < -0.39 is 28.5 Å². The van der Waals surface area contributed by atoms with Gasteiger partial charge < -0.3 is 15.0 Å². The van der Waals surface area contributed by atoms with E-state index in [-0.39, 0.29) is 29.0 Å². The maximum absolute atomic E-state index is 14.1. The fourth-order valence-corrected chi connectivity index (χ4v) is 5.80. The molecule has 0 aromatic heterocycles. The molecule has 3 aromatic rings. The second-order valence-corrected chi connectivity index (χ2v) is 12.0. The summed E-state index contributed by atoms with van der Waals surface area (Å²) in [5.74, 6) is -0.00531. The van der Waals surface area contributed by atoms with Crippen LogP contribution in [-0.2, 0) is 26.2 Å². The van der Waals surface area contributed by atoms with Gasteiger partial charge in [-0.25, -0.2) is 8.42 Å². The molecule has 8 nitrogen and oxygen atoms in total. The van der Waals surface area contributed by atoms with Crippen LogP contribution in [0.15, 0.2) is 83.8 Å². The number of ether oxygens (including phenoxy) is 1. The van der Waals surface area contributed by atoms with Crippen molar-refractivity contribution in [3.8, 4) is 5.75 Å². The van der Waals surface area contributed by atoms with Crippen LogP contribution in [0.4, 0.5) is 5.69 Å². The minimum Gasteiger partial charge on any atom is -0.497 e. The number of anilines is 1. The summed E-state index contributed by atoms with van der Waals surface area (Å²) < 4.78 is 34.0. The van der Waals surface area contributed by atoms with Gasteiger partial charge in [0, 0.05) is 18.1 Å². The number of rotatable bonds is 13. The van der Waals surface area contributed by atoms with Gasteiger partial charge in [-0.2, -0.15) is 0 Å². The van der Waals surface area contributed by atoms with Crippen molar-refractivity contribution >= 4 is 39.1 Å². The number of hydrogen-bond acceptors (Lipinski definition) is 5. The second kappa shape index (κ2) is 14.2. The number of carbonyl (C=O) groups excluding carboxylic acids is 2. The summed E-state index contributed by atoms with van der Waals surface area (Å²) in [6.45, 7) is 5.79. The van der Waals surface area contributed by atoms with Gasteiger partial charge in [0.25, 0.3) is 10.0 Å². The van der Waals surface area contributed by atoms with E-state index in [1.54, 1.807) is 61.7 Å². The quantitative estimate of drug-likeness (QED) is 0.300. The molecule has 0 saturated heterocycles. The Morgan fingerprint density at radius 2 is 1.68 bits per heavy atom. The van der Waals surface area contributed by atoms with E-state index in [2.05, 4.69) is 5.32 Å². The Morgan fingerprint density at radius 3 is 2.30 bits per heavy atom. The van der Waals surface area contributed by atoms with E-state index in [1.165, 1.54) is 23.1 Å². The number of methoxy groups -OCH3 is 1. The molecule has 0 saturated carbocycles. The summed E-state index contributed by atoms with van der Waals surface area (Å²) in [5, 5.41) is 3.24. The third kappa shape index (κ3) is 7.99. The normalized spacial score (nSPS) is 12.1. The van der Waals surface area contributed by atoms with E-state index in [1.807, 2.05) is 26.8 Å². The molecule has 0 unspecified atom stereocenters. The molecule has 1 N–H and O–H groups in total. The molecule has 0 spiro atoms. The van der Waals surface area contributed by atoms with Gasteiger partial charge in [0.15, 0.2) is 0 Å². The van der Waals surface area contributed by atoms with Gasteiger partial charge >= 0.3 is 0 Å². The Hall–Kier alpha value is -3.56. The first-order valence-corrected chi connectivity index (χ1v) is 14.9. The first-order valence-electron chi connectivity index (χ1n) is 13.1. The molecular formula is C30H36ClN3O5S. The molecule has 3 aromatic carbocycles. The molecule has 0 aliphatic carbocycles.